The standard InChI is InChI=1S/C28H36N2O3S/c1-34-16-24(30-26(32)22-4-2-3-5-23(22)27(30)33)25(31)29-21-8-6-20(7-9-21)28-13-17-10-18(14-28)12-19(11-17)15-28/h6-9,17-19,22-24H,2-5,10-16H2,1H3,(H,29,31)/t17?,18?,19?,22-,23+,24-,28?/m1/s1. The Morgan fingerprint density at radius 2 is 1.50 bits per heavy atom. The zero-order valence-electron chi connectivity index (χ0n) is 20.1. The van der Waals surface area contributed by atoms with Gasteiger partial charge in [0.15, 0.2) is 0 Å². The first-order valence-corrected chi connectivity index (χ1v) is 14.6. The molecule has 5 aliphatic carbocycles. The molecule has 4 bridgehead atoms. The topological polar surface area (TPSA) is 66.5 Å². The second-order valence-corrected chi connectivity index (χ2v) is 12.7. The highest BCUT2D eigenvalue weighted by Crippen LogP contribution is 2.60. The number of nitrogens with one attached hydrogen (secondary N) is 1. The van der Waals surface area contributed by atoms with Crippen molar-refractivity contribution in [1.82, 2.24) is 4.90 Å². The number of carbonyl (C=O) groups is 3. The van der Waals surface area contributed by atoms with E-state index in [1.165, 1.54) is 60.8 Å². The first kappa shape index (κ1) is 22.6. The minimum atomic E-state index is -0.747. The third-order valence-corrected chi connectivity index (χ3v) is 10.3. The Balaban J connectivity index is 1.18. The van der Waals surface area contributed by atoms with E-state index in [0.29, 0.717) is 11.2 Å². The van der Waals surface area contributed by atoms with E-state index in [-0.39, 0.29) is 29.6 Å². The van der Waals surface area contributed by atoms with Gasteiger partial charge in [-0.15, -0.1) is 0 Å². The zero-order chi connectivity index (χ0) is 23.4. The quantitative estimate of drug-likeness (QED) is 0.582. The molecular weight excluding hydrogens is 444 g/mol. The van der Waals surface area contributed by atoms with Gasteiger partial charge in [-0.05, 0) is 98.5 Å². The second kappa shape index (κ2) is 8.69. The molecule has 1 N–H and O–H groups in total. The Morgan fingerprint density at radius 1 is 0.971 bits per heavy atom. The number of likely N-dealkylation sites (tertiary alicyclic amines) is 1. The summed E-state index contributed by atoms with van der Waals surface area (Å²) in [5, 5.41) is 3.03. The Kier molecular flexibility index (Phi) is 5.78. The molecule has 182 valence electrons. The summed E-state index contributed by atoms with van der Waals surface area (Å²) in [4.78, 5) is 40.8. The molecule has 1 aromatic carbocycles. The maximum absolute atomic E-state index is 13.3. The van der Waals surface area contributed by atoms with Crippen molar-refractivity contribution in [2.75, 3.05) is 17.3 Å². The van der Waals surface area contributed by atoms with Crippen molar-refractivity contribution in [3.8, 4) is 0 Å². The molecule has 5 saturated carbocycles. The number of imide groups is 1. The molecule has 1 saturated heterocycles. The van der Waals surface area contributed by atoms with E-state index in [9.17, 15) is 14.4 Å². The van der Waals surface area contributed by atoms with Crippen molar-refractivity contribution in [3.63, 3.8) is 0 Å². The summed E-state index contributed by atoms with van der Waals surface area (Å²) in [6, 6.07) is 7.73. The van der Waals surface area contributed by atoms with E-state index in [1.807, 2.05) is 18.4 Å². The van der Waals surface area contributed by atoms with Crippen molar-refractivity contribution in [1.29, 1.82) is 0 Å². The van der Waals surface area contributed by atoms with Gasteiger partial charge in [-0.25, -0.2) is 0 Å². The van der Waals surface area contributed by atoms with Gasteiger partial charge in [0.1, 0.15) is 6.04 Å². The molecular formula is C28H36N2O3S. The van der Waals surface area contributed by atoms with Gasteiger partial charge in [-0.1, -0.05) is 25.0 Å². The monoisotopic (exact) mass is 480 g/mol. The van der Waals surface area contributed by atoms with Crippen LogP contribution in [-0.2, 0) is 19.8 Å². The Morgan fingerprint density at radius 3 is 2.00 bits per heavy atom. The predicted octanol–water partition coefficient (Wildman–Crippen LogP) is 5.00. The Bertz CT molecular complexity index is 931. The van der Waals surface area contributed by atoms with E-state index >= 15 is 0 Å². The number of benzene rings is 1. The van der Waals surface area contributed by atoms with E-state index in [4.69, 9.17) is 0 Å². The summed E-state index contributed by atoms with van der Waals surface area (Å²) in [7, 11) is 0. The molecule has 3 atom stereocenters. The van der Waals surface area contributed by atoms with E-state index in [0.717, 1.165) is 49.1 Å². The first-order valence-electron chi connectivity index (χ1n) is 13.2. The number of rotatable bonds is 6. The number of carbonyl (C=O) groups excluding carboxylic acids is 3. The number of hydrogen-bond acceptors (Lipinski definition) is 4. The molecule has 6 aliphatic rings. The van der Waals surface area contributed by atoms with Gasteiger partial charge in [0.2, 0.25) is 17.7 Å². The zero-order valence-corrected chi connectivity index (χ0v) is 20.9. The molecule has 34 heavy (non-hydrogen) atoms. The third-order valence-electron chi connectivity index (χ3n) is 9.62. The molecule has 0 radical (unpaired) electrons. The van der Waals surface area contributed by atoms with Crippen LogP contribution in [0, 0.1) is 29.6 Å². The maximum Gasteiger partial charge on any atom is 0.248 e. The van der Waals surface area contributed by atoms with Crippen LogP contribution in [0.25, 0.3) is 0 Å². The number of thioether (sulfide) groups is 1. The number of fused-ring (bicyclic) bond motifs is 1. The summed E-state index contributed by atoms with van der Waals surface area (Å²) in [6.07, 6.45) is 13.7. The van der Waals surface area contributed by atoms with Crippen LogP contribution in [0.4, 0.5) is 5.69 Å². The van der Waals surface area contributed by atoms with Crippen LogP contribution in [0.3, 0.4) is 0 Å². The van der Waals surface area contributed by atoms with Crippen LogP contribution in [-0.4, -0.2) is 40.7 Å². The van der Waals surface area contributed by atoms with Crippen LogP contribution in [0.5, 0.6) is 0 Å². The van der Waals surface area contributed by atoms with Gasteiger partial charge in [0.25, 0.3) is 0 Å². The highest BCUT2D eigenvalue weighted by Gasteiger charge is 2.53. The molecule has 0 unspecified atom stereocenters. The van der Waals surface area contributed by atoms with Crippen LogP contribution in [0.15, 0.2) is 24.3 Å². The number of anilines is 1. The third kappa shape index (κ3) is 3.71. The van der Waals surface area contributed by atoms with Gasteiger partial charge >= 0.3 is 0 Å². The van der Waals surface area contributed by atoms with E-state index in [1.54, 1.807) is 0 Å². The highest BCUT2D eigenvalue weighted by molar-refractivity contribution is 7.98. The lowest BCUT2D eigenvalue weighted by atomic mass is 9.48. The number of amides is 3. The average Bonchev–Trinajstić information content (AvgIpc) is 3.07. The fourth-order valence-corrected chi connectivity index (χ4v) is 9.13. The molecule has 5 nitrogen and oxygen atoms in total. The van der Waals surface area contributed by atoms with Crippen LogP contribution < -0.4 is 5.32 Å². The molecule has 7 rings (SSSR count). The van der Waals surface area contributed by atoms with Gasteiger partial charge in [-0.2, -0.15) is 11.8 Å². The Labute approximate surface area is 206 Å². The molecule has 6 heteroatoms. The van der Waals surface area contributed by atoms with E-state index < -0.39 is 6.04 Å². The van der Waals surface area contributed by atoms with Crippen molar-refractivity contribution in [3.05, 3.63) is 29.8 Å². The molecule has 0 spiro atoms. The fourth-order valence-electron chi connectivity index (χ4n) is 8.52. The van der Waals surface area contributed by atoms with Crippen LogP contribution in [0.2, 0.25) is 0 Å². The number of hydrogen-bond donors (Lipinski definition) is 1. The molecule has 0 aromatic heterocycles. The first-order chi connectivity index (χ1) is 16.5. The lowest BCUT2D eigenvalue weighted by Gasteiger charge is -2.57. The number of nitrogens with zero attached hydrogens (tertiary/aromatic N) is 1. The summed E-state index contributed by atoms with van der Waals surface area (Å²) in [6.45, 7) is 0. The molecule has 1 heterocycles. The lowest BCUT2D eigenvalue weighted by Crippen LogP contribution is -2.49. The van der Waals surface area contributed by atoms with Gasteiger partial charge in [-0.3, -0.25) is 19.3 Å². The Hall–Kier alpha value is -1.82. The largest absolute Gasteiger partial charge is 0.324 e. The highest BCUT2D eigenvalue weighted by atomic mass is 32.2. The minimum absolute atomic E-state index is 0.138. The lowest BCUT2D eigenvalue weighted by molar-refractivity contribution is -0.145. The minimum Gasteiger partial charge on any atom is -0.324 e. The maximum atomic E-state index is 13.3. The summed E-state index contributed by atoms with van der Waals surface area (Å²) in [5.74, 6) is 2.15. The van der Waals surface area contributed by atoms with Crippen molar-refractivity contribution >= 4 is 35.2 Å². The molecule has 1 aliphatic heterocycles. The van der Waals surface area contributed by atoms with Crippen molar-refractivity contribution < 1.29 is 14.4 Å². The molecule has 6 fully saturated rings. The van der Waals surface area contributed by atoms with Crippen LogP contribution in [0.1, 0.15) is 69.8 Å². The summed E-state index contributed by atoms with van der Waals surface area (Å²) in [5.41, 5.74) is 2.52. The molecule has 3 amide bonds. The SMILES string of the molecule is CSC[C@H](C(=O)Nc1ccc(C23CC4CC(CC(C4)C2)C3)cc1)N1C(=O)[C@H]2CCCC[C@H]2C1=O. The smallest absolute Gasteiger partial charge is 0.248 e. The average molecular weight is 481 g/mol. The normalized spacial score (nSPS) is 37.1. The summed E-state index contributed by atoms with van der Waals surface area (Å²) >= 11 is 1.50. The fraction of sp³-hybridized carbons (Fsp3) is 0.679. The van der Waals surface area contributed by atoms with Gasteiger partial charge < -0.3 is 5.32 Å². The van der Waals surface area contributed by atoms with Crippen molar-refractivity contribution in [2.45, 2.75) is 75.7 Å². The second-order valence-electron chi connectivity index (χ2n) is 11.8. The predicted molar refractivity (Wildman–Crippen MR) is 134 cm³/mol. The molecule has 1 aromatic rings. The summed E-state index contributed by atoms with van der Waals surface area (Å²) < 4.78 is 0. The van der Waals surface area contributed by atoms with E-state index in [2.05, 4.69) is 17.4 Å². The van der Waals surface area contributed by atoms with Crippen molar-refractivity contribution in [2.24, 2.45) is 29.6 Å². The van der Waals surface area contributed by atoms with Gasteiger partial charge in [0.05, 0.1) is 11.8 Å². The van der Waals surface area contributed by atoms with Crippen LogP contribution >= 0.6 is 11.8 Å². The van der Waals surface area contributed by atoms with Gasteiger partial charge in [0, 0.05) is 11.4 Å².